The second-order valence-corrected chi connectivity index (χ2v) is 4.03. The molecule has 4 nitrogen and oxygen atoms in total. The van der Waals surface area contributed by atoms with E-state index in [4.69, 9.17) is 5.73 Å². The first-order valence-electron chi connectivity index (χ1n) is 5.41. The highest BCUT2D eigenvalue weighted by Gasteiger charge is 1.99. The zero-order valence-corrected chi connectivity index (χ0v) is 10.0. The number of aromatic nitrogens is 1. The normalized spacial score (nSPS) is 10.0. The summed E-state index contributed by atoms with van der Waals surface area (Å²) in [7, 11) is 4.03. The molecule has 0 unspecified atom stereocenters. The van der Waals surface area contributed by atoms with Crippen LogP contribution in [0.1, 0.15) is 0 Å². The van der Waals surface area contributed by atoms with Crippen LogP contribution in [0.3, 0.4) is 0 Å². The molecule has 1 heterocycles. The minimum absolute atomic E-state index is 0.643. The van der Waals surface area contributed by atoms with Crippen molar-refractivity contribution < 1.29 is 0 Å². The molecule has 0 aliphatic heterocycles. The third kappa shape index (κ3) is 2.66. The SMILES string of the molecule is CN(C)c1ccc(Nc2ccncc2N)cc1. The van der Waals surface area contributed by atoms with Gasteiger partial charge in [0.1, 0.15) is 0 Å². The van der Waals surface area contributed by atoms with Gasteiger partial charge in [0.15, 0.2) is 0 Å². The zero-order chi connectivity index (χ0) is 12.3. The average molecular weight is 228 g/mol. The molecule has 0 fully saturated rings. The molecule has 0 bridgehead atoms. The number of anilines is 4. The Bertz CT molecular complexity index is 491. The van der Waals surface area contributed by atoms with E-state index >= 15 is 0 Å². The molecule has 4 heteroatoms. The fraction of sp³-hybridized carbons (Fsp3) is 0.154. The molecule has 0 amide bonds. The highest BCUT2D eigenvalue weighted by atomic mass is 15.1. The maximum absolute atomic E-state index is 5.81. The third-order valence-corrected chi connectivity index (χ3v) is 2.51. The van der Waals surface area contributed by atoms with E-state index in [2.05, 4.69) is 27.3 Å². The number of benzene rings is 1. The molecule has 0 radical (unpaired) electrons. The van der Waals surface area contributed by atoms with Crippen molar-refractivity contribution in [2.75, 3.05) is 30.0 Å². The van der Waals surface area contributed by atoms with Crippen molar-refractivity contribution >= 4 is 22.7 Å². The van der Waals surface area contributed by atoms with Crippen molar-refractivity contribution in [2.24, 2.45) is 0 Å². The summed E-state index contributed by atoms with van der Waals surface area (Å²) in [4.78, 5) is 6.01. The Kier molecular flexibility index (Phi) is 3.14. The number of nitrogens with zero attached hydrogens (tertiary/aromatic N) is 2. The number of pyridine rings is 1. The molecular formula is C13H16N4. The van der Waals surface area contributed by atoms with Crippen LogP contribution in [-0.4, -0.2) is 19.1 Å². The monoisotopic (exact) mass is 228 g/mol. The molecule has 1 aromatic carbocycles. The second kappa shape index (κ2) is 4.74. The third-order valence-electron chi connectivity index (χ3n) is 2.51. The fourth-order valence-corrected chi connectivity index (χ4v) is 1.52. The van der Waals surface area contributed by atoms with Gasteiger partial charge in [-0.2, -0.15) is 0 Å². The lowest BCUT2D eigenvalue weighted by molar-refractivity contribution is 1.13. The number of hydrogen-bond donors (Lipinski definition) is 2. The Morgan fingerprint density at radius 2 is 1.82 bits per heavy atom. The maximum Gasteiger partial charge on any atom is 0.0739 e. The zero-order valence-electron chi connectivity index (χ0n) is 10.0. The van der Waals surface area contributed by atoms with Crippen LogP contribution >= 0.6 is 0 Å². The van der Waals surface area contributed by atoms with E-state index in [1.165, 1.54) is 5.69 Å². The van der Waals surface area contributed by atoms with Crippen LogP contribution in [0.4, 0.5) is 22.7 Å². The van der Waals surface area contributed by atoms with E-state index in [0.29, 0.717) is 5.69 Å². The molecule has 0 saturated carbocycles. The van der Waals surface area contributed by atoms with Crippen LogP contribution in [-0.2, 0) is 0 Å². The quantitative estimate of drug-likeness (QED) is 0.847. The summed E-state index contributed by atoms with van der Waals surface area (Å²) < 4.78 is 0. The molecule has 0 atom stereocenters. The first kappa shape index (κ1) is 11.3. The Balaban J connectivity index is 2.17. The molecule has 0 aliphatic rings. The fourth-order valence-electron chi connectivity index (χ4n) is 1.52. The van der Waals surface area contributed by atoms with Gasteiger partial charge < -0.3 is 16.0 Å². The Labute approximate surface area is 101 Å². The number of nitrogens with two attached hydrogens (primary N) is 1. The van der Waals surface area contributed by atoms with Gasteiger partial charge in [-0.05, 0) is 30.3 Å². The highest BCUT2D eigenvalue weighted by molar-refractivity contribution is 5.72. The molecule has 2 rings (SSSR count). The smallest absolute Gasteiger partial charge is 0.0739 e. The summed E-state index contributed by atoms with van der Waals surface area (Å²) in [5, 5.41) is 3.25. The topological polar surface area (TPSA) is 54.2 Å². The van der Waals surface area contributed by atoms with Crippen molar-refractivity contribution in [3.05, 3.63) is 42.7 Å². The van der Waals surface area contributed by atoms with Crippen LogP contribution in [0.25, 0.3) is 0 Å². The van der Waals surface area contributed by atoms with E-state index < -0.39 is 0 Å². The van der Waals surface area contributed by atoms with Crippen molar-refractivity contribution in [3.63, 3.8) is 0 Å². The second-order valence-electron chi connectivity index (χ2n) is 4.03. The molecular weight excluding hydrogens is 212 g/mol. The van der Waals surface area contributed by atoms with Gasteiger partial charge in [-0.1, -0.05) is 0 Å². The number of nitrogens with one attached hydrogen (secondary N) is 1. The van der Waals surface area contributed by atoms with Gasteiger partial charge in [-0.25, -0.2) is 0 Å². The predicted octanol–water partition coefficient (Wildman–Crippen LogP) is 2.47. The summed E-state index contributed by atoms with van der Waals surface area (Å²) in [5.41, 5.74) is 9.50. The molecule has 1 aromatic heterocycles. The van der Waals surface area contributed by atoms with E-state index in [1.807, 2.05) is 32.3 Å². The van der Waals surface area contributed by atoms with E-state index in [1.54, 1.807) is 12.4 Å². The summed E-state index contributed by atoms with van der Waals surface area (Å²) in [6.45, 7) is 0. The van der Waals surface area contributed by atoms with E-state index in [-0.39, 0.29) is 0 Å². The lowest BCUT2D eigenvalue weighted by Crippen LogP contribution is -2.08. The van der Waals surface area contributed by atoms with Crippen LogP contribution < -0.4 is 16.0 Å². The molecule has 17 heavy (non-hydrogen) atoms. The van der Waals surface area contributed by atoms with Crippen LogP contribution in [0.15, 0.2) is 42.7 Å². The van der Waals surface area contributed by atoms with Gasteiger partial charge in [-0.15, -0.1) is 0 Å². The summed E-state index contributed by atoms with van der Waals surface area (Å²) in [5.74, 6) is 0. The van der Waals surface area contributed by atoms with Crippen molar-refractivity contribution in [3.8, 4) is 0 Å². The lowest BCUT2D eigenvalue weighted by atomic mass is 10.2. The van der Waals surface area contributed by atoms with Crippen molar-refractivity contribution in [1.29, 1.82) is 0 Å². The standard InChI is InChI=1S/C13H16N4/c1-17(2)11-5-3-10(4-6-11)16-13-7-8-15-9-12(13)14/h3-9H,14H2,1-2H3,(H,15,16). The Morgan fingerprint density at radius 3 is 2.41 bits per heavy atom. The van der Waals surface area contributed by atoms with Crippen molar-refractivity contribution in [1.82, 2.24) is 4.98 Å². The van der Waals surface area contributed by atoms with Crippen molar-refractivity contribution in [2.45, 2.75) is 0 Å². The Morgan fingerprint density at radius 1 is 1.12 bits per heavy atom. The first-order valence-corrected chi connectivity index (χ1v) is 5.41. The highest BCUT2D eigenvalue weighted by Crippen LogP contribution is 2.23. The number of hydrogen-bond acceptors (Lipinski definition) is 4. The van der Waals surface area contributed by atoms with Gasteiger partial charge in [0, 0.05) is 31.7 Å². The molecule has 88 valence electrons. The van der Waals surface area contributed by atoms with Crippen LogP contribution in [0, 0.1) is 0 Å². The molecule has 0 saturated heterocycles. The van der Waals surface area contributed by atoms with Gasteiger partial charge in [0.05, 0.1) is 17.6 Å². The summed E-state index contributed by atoms with van der Waals surface area (Å²) in [6, 6.07) is 10.0. The summed E-state index contributed by atoms with van der Waals surface area (Å²) in [6.07, 6.45) is 3.35. The van der Waals surface area contributed by atoms with Gasteiger partial charge in [0.25, 0.3) is 0 Å². The molecule has 2 aromatic rings. The van der Waals surface area contributed by atoms with Gasteiger partial charge in [0.2, 0.25) is 0 Å². The van der Waals surface area contributed by atoms with Crippen LogP contribution in [0.5, 0.6) is 0 Å². The minimum Gasteiger partial charge on any atom is -0.396 e. The van der Waals surface area contributed by atoms with Crippen LogP contribution in [0.2, 0.25) is 0 Å². The van der Waals surface area contributed by atoms with Gasteiger partial charge >= 0.3 is 0 Å². The number of nitrogen functional groups attached to an aromatic ring is 1. The Hall–Kier alpha value is -2.23. The number of rotatable bonds is 3. The van der Waals surface area contributed by atoms with E-state index in [9.17, 15) is 0 Å². The molecule has 0 spiro atoms. The average Bonchev–Trinajstić information content (AvgIpc) is 2.33. The summed E-state index contributed by atoms with van der Waals surface area (Å²) >= 11 is 0. The largest absolute Gasteiger partial charge is 0.396 e. The molecule has 0 aliphatic carbocycles. The first-order chi connectivity index (χ1) is 8.16. The van der Waals surface area contributed by atoms with Gasteiger partial charge in [-0.3, -0.25) is 4.98 Å². The minimum atomic E-state index is 0.643. The maximum atomic E-state index is 5.81. The molecule has 3 N–H and O–H groups in total. The van der Waals surface area contributed by atoms with E-state index in [0.717, 1.165) is 11.4 Å². The lowest BCUT2D eigenvalue weighted by Gasteiger charge is -2.13. The predicted molar refractivity (Wildman–Crippen MR) is 72.7 cm³/mol.